The van der Waals surface area contributed by atoms with Crippen molar-refractivity contribution < 1.29 is 9.32 Å². The van der Waals surface area contributed by atoms with E-state index >= 15 is 0 Å². The number of hydrogen-bond acceptors (Lipinski definition) is 4. The first-order valence-corrected chi connectivity index (χ1v) is 6.81. The Kier molecular flexibility index (Phi) is 3.08. The van der Waals surface area contributed by atoms with Crippen LogP contribution < -0.4 is 5.32 Å². The van der Waals surface area contributed by atoms with E-state index < -0.39 is 0 Å². The van der Waals surface area contributed by atoms with Crippen LogP contribution in [0, 0.1) is 20.8 Å². The van der Waals surface area contributed by atoms with Gasteiger partial charge in [0.25, 0.3) is 5.91 Å². The molecule has 1 aliphatic heterocycles. The highest BCUT2D eigenvalue weighted by Crippen LogP contribution is 2.17. The second kappa shape index (κ2) is 4.77. The zero-order valence-electron chi connectivity index (χ0n) is 11.9. The average molecular weight is 274 g/mol. The molecule has 0 radical (unpaired) electrons. The molecule has 1 atom stereocenters. The third kappa shape index (κ3) is 2.21. The van der Waals surface area contributed by atoms with Crippen LogP contribution in [0.25, 0.3) is 0 Å². The van der Waals surface area contributed by atoms with Gasteiger partial charge in [-0.05, 0) is 27.2 Å². The molecule has 0 fully saturated rings. The van der Waals surface area contributed by atoms with Crippen LogP contribution >= 0.6 is 0 Å². The van der Waals surface area contributed by atoms with Gasteiger partial charge >= 0.3 is 0 Å². The maximum atomic E-state index is 12.3. The molecule has 0 saturated carbocycles. The number of nitrogens with one attached hydrogen (secondary N) is 1. The summed E-state index contributed by atoms with van der Waals surface area (Å²) >= 11 is 0. The number of carbonyl (C=O) groups is 1. The van der Waals surface area contributed by atoms with Crippen LogP contribution in [-0.4, -0.2) is 26.7 Å². The maximum absolute atomic E-state index is 12.3. The van der Waals surface area contributed by atoms with Crippen LogP contribution in [0.2, 0.25) is 0 Å². The highest BCUT2D eigenvalue weighted by molar-refractivity contribution is 5.96. The van der Waals surface area contributed by atoms with E-state index in [4.69, 9.17) is 4.52 Å². The van der Waals surface area contributed by atoms with Crippen LogP contribution in [0.3, 0.4) is 0 Å². The van der Waals surface area contributed by atoms with Crippen molar-refractivity contribution in [3.63, 3.8) is 0 Å². The number of aryl methyl sites for hydroxylation is 4. The molecule has 3 rings (SSSR count). The SMILES string of the molecule is Cc1cn2c(n1)CC[C@H](NC(=O)c1c(C)noc1C)C2. The fourth-order valence-corrected chi connectivity index (χ4v) is 2.77. The molecule has 2 aromatic rings. The van der Waals surface area contributed by atoms with Gasteiger partial charge in [-0.1, -0.05) is 5.16 Å². The van der Waals surface area contributed by atoms with Gasteiger partial charge in [0, 0.05) is 25.2 Å². The molecule has 20 heavy (non-hydrogen) atoms. The summed E-state index contributed by atoms with van der Waals surface area (Å²) in [6, 6.07) is 0.122. The molecule has 1 amide bonds. The van der Waals surface area contributed by atoms with E-state index in [1.54, 1.807) is 13.8 Å². The smallest absolute Gasteiger partial charge is 0.257 e. The molecule has 0 saturated heterocycles. The van der Waals surface area contributed by atoms with E-state index in [1.807, 2.05) is 13.1 Å². The summed E-state index contributed by atoms with van der Waals surface area (Å²) in [5.74, 6) is 1.56. The minimum absolute atomic E-state index is 0.105. The summed E-state index contributed by atoms with van der Waals surface area (Å²) in [7, 11) is 0. The molecule has 0 spiro atoms. The van der Waals surface area contributed by atoms with Gasteiger partial charge < -0.3 is 14.4 Å². The second-order valence-electron chi connectivity index (χ2n) is 5.36. The minimum Gasteiger partial charge on any atom is -0.361 e. The third-order valence-corrected chi connectivity index (χ3v) is 3.71. The van der Waals surface area contributed by atoms with Gasteiger partial charge in [0.1, 0.15) is 17.1 Å². The van der Waals surface area contributed by atoms with E-state index in [0.717, 1.165) is 30.9 Å². The van der Waals surface area contributed by atoms with Gasteiger partial charge in [-0.2, -0.15) is 0 Å². The third-order valence-electron chi connectivity index (χ3n) is 3.71. The van der Waals surface area contributed by atoms with Gasteiger partial charge in [-0.15, -0.1) is 0 Å². The molecule has 1 aliphatic rings. The fourth-order valence-electron chi connectivity index (χ4n) is 2.77. The monoisotopic (exact) mass is 274 g/mol. The number of carbonyl (C=O) groups excluding carboxylic acids is 1. The normalized spacial score (nSPS) is 17.9. The molecule has 0 aromatic carbocycles. The number of nitrogens with zero attached hydrogens (tertiary/aromatic N) is 3. The molecule has 6 heteroatoms. The van der Waals surface area contributed by atoms with Crippen molar-refractivity contribution >= 4 is 5.91 Å². The Labute approximate surface area is 117 Å². The van der Waals surface area contributed by atoms with Gasteiger partial charge in [0.05, 0.1) is 11.4 Å². The maximum Gasteiger partial charge on any atom is 0.257 e. The zero-order chi connectivity index (χ0) is 14.3. The van der Waals surface area contributed by atoms with Crippen LogP contribution in [0.4, 0.5) is 0 Å². The summed E-state index contributed by atoms with van der Waals surface area (Å²) in [5, 5.41) is 6.88. The summed E-state index contributed by atoms with van der Waals surface area (Å²) < 4.78 is 7.16. The number of hydrogen-bond donors (Lipinski definition) is 1. The van der Waals surface area contributed by atoms with E-state index in [1.165, 1.54) is 0 Å². The first-order chi connectivity index (χ1) is 9.54. The van der Waals surface area contributed by atoms with Crippen molar-refractivity contribution in [1.29, 1.82) is 0 Å². The Morgan fingerprint density at radius 1 is 1.45 bits per heavy atom. The largest absolute Gasteiger partial charge is 0.361 e. The Hall–Kier alpha value is -2.11. The van der Waals surface area contributed by atoms with Crippen molar-refractivity contribution in [2.24, 2.45) is 0 Å². The van der Waals surface area contributed by atoms with E-state index in [2.05, 4.69) is 20.0 Å². The molecule has 106 valence electrons. The number of imidazole rings is 1. The molecule has 0 unspecified atom stereocenters. The molecular formula is C14H18N4O2. The Balaban J connectivity index is 1.72. The summed E-state index contributed by atoms with van der Waals surface area (Å²) in [6.07, 6.45) is 3.83. The number of amides is 1. The first kappa shape index (κ1) is 12.9. The molecule has 0 bridgehead atoms. The van der Waals surface area contributed by atoms with Crippen molar-refractivity contribution in [3.05, 3.63) is 34.7 Å². The minimum atomic E-state index is -0.105. The van der Waals surface area contributed by atoms with Crippen molar-refractivity contribution in [2.75, 3.05) is 0 Å². The quantitative estimate of drug-likeness (QED) is 0.901. The van der Waals surface area contributed by atoms with Crippen molar-refractivity contribution in [1.82, 2.24) is 20.0 Å². The topological polar surface area (TPSA) is 73.0 Å². The molecule has 2 aromatic heterocycles. The lowest BCUT2D eigenvalue weighted by Crippen LogP contribution is -2.41. The molecule has 6 nitrogen and oxygen atoms in total. The molecular weight excluding hydrogens is 256 g/mol. The highest BCUT2D eigenvalue weighted by atomic mass is 16.5. The second-order valence-corrected chi connectivity index (χ2v) is 5.36. The lowest BCUT2D eigenvalue weighted by molar-refractivity contribution is 0.0925. The van der Waals surface area contributed by atoms with E-state index in [-0.39, 0.29) is 11.9 Å². The van der Waals surface area contributed by atoms with Crippen molar-refractivity contribution in [2.45, 2.75) is 46.2 Å². The van der Waals surface area contributed by atoms with Crippen LogP contribution in [-0.2, 0) is 13.0 Å². The van der Waals surface area contributed by atoms with E-state index in [0.29, 0.717) is 17.0 Å². The number of rotatable bonds is 2. The van der Waals surface area contributed by atoms with E-state index in [9.17, 15) is 4.79 Å². The Bertz CT molecular complexity index is 637. The molecule has 1 N–H and O–H groups in total. The fraction of sp³-hybridized carbons (Fsp3) is 0.500. The van der Waals surface area contributed by atoms with Crippen LogP contribution in [0.5, 0.6) is 0 Å². The van der Waals surface area contributed by atoms with Crippen LogP contribution in [0.15, 0.2) is 10.7 Å². The number of fused-ring (bicyclic) bond motifs is 1. The summed E-state index contributed by atoms with van der Waals surface area (Å²) in [6.45, 7) is 6.30. The predicted octanol–water partition coefficient (Wildman–Crippen LogP) is 1.54. The van der Waals surface area contributed by atoms with Crippen LogP contribution in [0.1, 0.15) is 39.8 Å². The standard InChI is InChI=1S/C14H18N4O2/c1-8-6-18-7-11(4-5-12(18)15-8)16-14(19)13-9(2)17-20-10(13)3/h6,11H,4-5,7H2,1-3H3,(H,16,19)/t11-/m0/s1. The number of aromatic nitrogens is 3. The lowest BCUT2D eigenvalue weighted by atomic mass is 10.1. The van der Waals surface area contributed by atoms with Gasteiger partial charge in [-0.25, -0.2) is 4.98 Å². The Morgan fingerprint density at radius 2 is 2.25 bits per heavy atom. The zero-order valence-corrected chi connectivity index (χ0v) is 11.9. The molecule has 0 aliphatic carbocycles. The lowest BCUT2D eigenvalue weighted by Gasteiger charge is -2.24. The van der Waals surface area contributed by atoms with Gasteiger partial charge in [0.2, 0.25) is 0 Å². The van der Waals surface area contributed by atoms with Gasteiger partial charge in [0.15, 0.2) is 0 Å². The summed E-state index contributed by atoms with van der Waals surface area (Å²) in [4.78, 5) is 16.8. The average Bonchev–Trinajstić information content (AvgIpc) is 2.91. The highest BCUT2D eigenvalue weighted by Gasteiger charge is 2.24. The first-order valence-electron chi connectivity index (χ1n) is 6.81. The summed E-state index contributed by atoms with van der Waals surface area (Å²) in [5.41, 5.74) is 2.21. The van der Waals surface area contributed by atoms with Gasteiger partial charge in [-0.3, -0.25) is 4.79 Å². The molecule has 3 heterocycles. The predicted molar refractivity (Wildman–Crippen MR) is 72.5 cm³/mol. The Morgan fingerprint density at radius 3 is 2.95 bits per heavy atom. The van der Waals surface area contributed by atoms with Crippen molar-refractivity contribution in [3.8, 4) is 0 Å².